The minimum atomic E-state index is -0.309. The highest BCUT2D eigenvalue weighted by Crippen LogP contribution is 2.38. The van der Waals surface area contributed by atoms with E-state index in [0.717, 1.165) is 53.9 Å². The zero-order valence-corrected chi connectivity index (χ0v) is 16.0. The van der Waals surface area contributed by atoms with E-state index in [1.54, 1.807) is 0 Å². The zero-order chi connectivity index (χ0) is 17.8. The number of rotatable bonds is 8. The van der Waals surface area contributed by atoms with Crippen LogP contribution in [-0.2, 0) is 9.53 Å². The van der Waals surface area contributed by atoms with Crippen molar-refractivity contribution < 1.29 is 9.53 Å². The van der Waals surface area contributed by atoms with Crippen LogP contribution in [0.3, 0.4) is 0 Å². The maximum absolute atomic E-state index is 12.7. The lowest BCUT2D eigenvalue weighted by Gasteiger charge is -2.15. The van der Waals surface area contributed by atoms with Gasteiger partial charge in [0, 0.05) is 19.2 Å². The molecular weight excluding hydrogens is 368 g/mol. The molecule has 1 aromatic carbocycles. The SMILES string of the molecule is O=C(NC1CC1)[C@H](Sc1nnc(NC[C@H]2CCCO2)s1)c1ccccc1. The number of thioether (sulfide) groups is 1. The van der Waals surface area contributed by atoms with E-state index in [-0.39, 0.29) is 17.3 Å². The van der Waals surface area contributed by atoms with Crippen molar-refractivity contribution in [2.24, 2.45) is 0 Å². The fourth-order valence-corrected chi connectivity index (χ4v) is 4.80. The van der Waals surface area contributed by atoms with Crippen molar-refractivity contribution in [2.75, 3.05) is 18.5 Å². The van der Waals surface area contributed by atoms with Crippen molar-refractivity contribution in [3.8, 4) is 0 Å². The van der Waals surface area contributed by atoms with Gasteiger partial charge >= 0.3 is 0 Å². The highest BCUT2D eigenvalue weighted by atomic mass is 32.2. The van der Waals surface area contributed by atoms with Gasteiger partial charge in [0.05, 0.1) is 6.10 Å². The first-order valence-corrected chi connectivity index (χ1v) is 10.7. The number of carbonyl (C=O) groups excluding carboxylic acids is 1. The first kappa shape index (κ1) is 17.8. The fourth-order valence-electron chi connectivity index (χ4n) is 2.84. The maximum atomic E-state index is 12.7. The van der Waals surface area contributed by atoms with Gasteiger partial charge in [0.25, 0.3) is 0 Å². The zero-order valence-electron chi connectivity index (χ0n) is 14.4. The second-order valence-corrected chi connectivity index (χ2v) is 8.91. The summed E-state index contributed by atoms with van der Waals surface area (Å²) in [6.45, 7) is 1.60. The van der Waals surface area contributed by atoms with Crippen molar-refractivity contribution in [3.63, 3.8) is 0 Å². The maximum Gasteiger partial charge on any atom is 0.238 e. The average molecular weight is 391 g/mol. The quantitative estimate of drug-likeness (QED) is 0.674. The van der Waals surface area contributed by atoms with Crippen LogP contribution < -0.4 is 10.6 Å². The van der Waals surface area contributed by atoms with E-state index in [2.05, 4.69) is 20.8 Å². The van der Waals surface area contributed by atoms with Crippen LogP contribution in [0.4, 0.5) is 5.13 Å². The molecule has 2 N–H and O–H groups in total. The van der Waals surface area contributed by atoms with Crippen molar-refractivity contribution in [3.05, 3.63) is 35.9 Å². The predicted octanol–water partition coefficient (Wildman–Crippen LogP) is 3.24. The predicted molar refractivity (Wildman–Crippen MR) is 104 cm³/mol. The Morgan fingerprint density at radius 3 is 2.85 bits per heavy atom. The summed E-state index contributed by atoms with van der Waals surface area (Å²) in [5.74, 6) is 0.0489. The molecule has 1 saturated carbocycles. The molecule has 6 nitrogen and oxygen atoms in total. The molecular formula is C18H22N4O2S2. The normalized spacial score (nSPS) is 20.7. The molecule has 138 valence electrons. The number of nitrogens with zero attached hydrogens (tertiary/aromatic N) is 2. The third-order valence-electron chi connectivity index (χ3n) is 4.39. The van der Waals surface area contributed by atoms with Gasteiger partial charge in [-0.3, -0.25) is 4.79 Å². The first-order valence-electron chi connectivity index (χ1n) is 8.99. The Labute approximate surface area is 161 Å². The molecule has 0 radical (unpaired) electrons. The summed E-state index contributed by atoms with van der Waals surface area (Å²) in [5.41, 5.74) is 0.986. The highest BCUT2D eigenvalue weighted by molar-refractivity contribution is 8.01. The summed E-state index contributed by atoms with van der Waals surface area (Å²) in [5, 5.41) is 15.3. The summed E-state index contributed by atoms with van der Waals surface area (Å²) >= 11 is 2.95. The first-order chi connectivity index (χ1) is 12.8. The van der Waals surface area contributed by atoms with E-state index in [1.807, 2.05) is 30.3 Å². The van der Waals surface area contributed by atoms with Crippen molar-refractivity contribution in [1.29, 1.82) is 0 Å². The fraction of sp³-hybridized carbons (Fsp3) is 0.500. The molecule has 2 aliphatic rings. The molecule has 1 aliphatic carbocycles. The summed E-state index contributed by atoms with van der Waals surface area (Å²) < 4.78 is 6.41. The van der Waals surface area contributed by atoms with Gasteiger partial charge in [-0.15, -0.1) is 10.2 Å². The summed E-state index contributed by atoms with van der Waals surface area (Å²) in [6.07, 6.45) is 4.63. The van der Waals surface area contributed by atoms with Crippen LogP contribution in [0.25, 0.3) is 0 Å². The Morgan fingerprint density at radius 2 is 2.12 bits per heavy atom. The van der Waals surface area contributed by atoms with E-state index < -0.39 is 0 Å². The van der Waals surface area contributed by atoms with Gasteiger partial charge in [0.15, 0.2) is 4.34 Å². The Morgan fingerprint density at radius 1 is 1.27 bits per heavy atom. The third kappa shape index (κ3) is 4.75. The smallest absolute Gasteiger partial charge is 0.238 e. The lowest BCUT2D eigenvalue weighted by molar-refractivity contribution is -0.120. The summed E-state index contributed by atoms with van der Waals surface area (Å²) in [6, 6.07) is 10.2. The molecule has 0 spiro atoms. The standard InChI is InChI=1S/C18H22N4O2S2/c23-16(20-13-8-9-13)15(12-5-2-1-3-6-12)25-18-22-21-17(26-18)19-11-14-7-4-10-24-14/h1-3,5-6,13-15H,4,7-11H2,(H,19,21)(H,20,23)/t14-,15-/m1/s1. The monoisotopic (exact) mass is 390 g/mol. The lowest BCUT2D eigenvalue weighted by Crippen LogP contribution is -2.29. The van der Waals surface area contributed by atoms with Gasteiger partial charge < -0.3 is 15.4 Å². The van der Waals surface area contributed by atoms with Crippen LogP contribution >= 0.6 is 23.1 Å². The molecule has 1 saturated heterocycles. The largest absolute Gasteiger partial charge is 0.376 e. The van der Waals surface area contributed by atoms with Crippen molar-refractivity contribution >= 4 is 34.1 Å². The van der Waals surface area contributed by atoms with Gasteiger partial charge in [-0.25, -0.2) is 0 Å². The highest BCUT2D eigenvalue weighted by Gasteiger charge is 2.30. The number of nitrogens with one attached hydrogen (secondary N) is 2. The second kappa shape index (κ2) is 8.37. The molecule has 2 aromatic rings. The van der Waals surface area contributed by atoms with E-state index in [1.165, 1.54) is 23.1 Å². The van der Waals surface area contributed by atoms with E-state index >= 15 is 0 Å². The Hall–Kier alpha value is -1.64. The molecule has 1 aliphatic heterocycles. The summed E-state index contributed by atoms with van der Waals surface area (Å²) in [7, 11) is 0. The second-order valence-electron chi connectivity index (χ2n) is 6.58. The van der Waals surface area contributed by atoms with Gasteiger partial charge in [-0.1, -0.05) is 53.4 Å². The van der Waals surface area contributed by atoms with E-state index in [9.17, 15) is 4.79 Å². The number of aromatic nitrogens is 2. The molecule has 26 heavy (non-hydrogen) atoms. The molecule has 4 rings (SSSR count). The number of benzene rings is 1. The number of hydrogen-bond donors (Lipinski definition) is 2. The van der Waals surface area contributed by atoms with Crippen molar-refractivity contribution in [2.45, 2.75) is 47.4 Å². The van der Waals surface area contributed by atoms with E-state index in [0.29, 0.717) is 6.04 Å². The van der Waals surface area contributed by atoms with Gasteiger partial charge in [0.2, 0.25) is 11.0 Å². The molecule has 0 bridgehead atoms. The van der Waals surface area contributed by atoms with Crippen LogP contribution in [-0.4, -0.2) is 41.4 Å². The lowest BCUT2D eigenvalue weighted by atomic mass is 10.1. The van der Waals surface area contributed by atoms with Crippen LogP contribution in [0.2, 0.25) is 0 Å². The number of ether oxygens (including phenoxy) is 1. The molecule has 2 fully saturated rings. The van der Waals surface area contributed by atoms with Crippen LogP contribution in [0.1, 0.15) is 36.5 Å². The molecule has 1 amide bonds. The van der Waals surface area contributed by atoms with Gasteiger partial charge in [-0.2, -0.15) is 0 Å². The molecule has 0 unspecified atom stereocenters. The van der Waals surface area contributed by atoms with E-state index in [4.69, 9.17) is 4.74 Å². The molecule has 2 heterocycles. The number of hydrogen-bond acceptors (Lipinski definition) is 7. The Kier molecular flexibility index (Phi) is 5.72. The third-order valence-corrected chi connectivity index (χ3v) is 6.61. The molecule has 8 heteroatoms. The van der Waals surface area contributed by atoms with Crippen LogP contribution in [0.5, 0.6) is 0 Å². The van der Waals surface area contributed by atoms with Crippen LogP contribution in [0.15, 0.2) is 34.7 Å². The number of amides is 1. The van der Waals surface area contributed by atoms with Gasteiger partial charge in [0.1, 0.15) is 5.25 Å². The molecule has 1 aromatic heterocycles. The summed E-state index contributed by atoms with van der Waals surface area (Å²) in [4.78, 5) is 12.7. The Bertz CT molecular complexity index is 730. The minimum Gasteiger partial charge on any atom is -0.376 e. The Balaban J connectivity index is 1.40. The van der Waals surface area contributed by atoms with Crippen LogP contribution in [0, 0.1) is 0 Å². The number of anilines is 1. The minimum absolute atomic E-state index is 0.0489. The van der Waals surface area contributed by atoms with Crippen molar-refractivity contribution in [1.82, 2.24) is 15.5 Å². The van der Waals surface area contributed by atoms with Gasteiger partial charge in [-0.05, 0) is 31.2 Å². The average Bonchev–Trinajstić information content (AvgIpc) is 3.14. The number of carbonyl (C=O) groups is 1. The molecule has 2 atom stereocenters. The topological polar surface area (TPSA) is 76.1 Å².